The summed E-state index contributed by atoms with van der Waals surface area (Å²) in [6.07, 6.45) is 1.68. The highest BCUT2D eigenvalue weighted by Crippen LogP contribution is 2.29. The van der Waals surface area contributed by atoms with E-state index in [1.165, 1.54) is 6.07 Å². The minimum Gasteiger partial charge on any atom is -0.423 e. The first-order valence-corrected chi connectivity index (χ1v) is 5.48. The molecule has 0 unspecified atom stereocenters. The SMILES string of the molecule is CSc1c(F)c(B(O)O)cc(C)c1Cl. The van der Waals surface area contributed by atoms with Crippen LogP contribution >= 0.6 is 23.4 Å². The molecule has 1 aromatic rings. The van der Waals surface area contributed by atoms with Crippen molar-refractivity contribution in [1.82, 2.24) is 0 Å². The predicted molar refractivity (Wildman–Crippen MR) is 57.8 cm³/mol. The first-order chi connectivity index (χ1) is 6.49. The highest BCUT2D eigenvalue weighted by atomic mass is 35.5. The fourth-order valence-corrected chi connectivity index (χ4v) is 2.14. The van der Waals surface area contributed by atoms with E-state index >= 15 is 0 Å². The molecule has 1 aromatic carbocycles. The Balaban J connectivity index is 3.42. The summed E-state index contributed by atoms with van der Waals surface area (Å²) in [4.78, 5) is 0.245. The zero-order chi connectivity index (χ0) is 10.9. The van der Waals surface area contributed by atoms with E-state index in [1.54, 1.807) is 13.2 Å². The van der Waals surface area contributed by atoms with Crippen molar-refractivity contribution in [1.29, 1.82) is 0 Å². The molecule has 2 nitrogen and oxygen atoms in total. The normalized spacial score (nSPS) is 10.4. The Morgan fingerprint density at radius 2 is 2.07 bits per heavy atom. The summed E-state index contributed by atoms with van der Waals surface area (Å²) in [5.41, 5.74) is 0.483. The molecule has 0 aromatic heterocycles. The van der Waals surface area contributed by atoms with E-state index in [9.17, 15) is 4.39 Å². The minimum absolute atomic E-state index is 0.142. The lowest BCUT2D eigenvalue weighted by Crippen LogP contribution is -2.33. The minimum atomic E-state index is -1.81. The first kappa shape index (κ1) is 11.8. The number of halogens is 2. The average molecular weight is 234 g/mol. The topological polar surface area (TPSA) is 40.5 Å². The summed E-state index contributed by atoms with van der Waals surface area (Å²) in [7, 11) is -1.81. The van der Waals surface area contributed by atoms with Crippen LogP contribution in [-0.2, 0) is 0 Å². The van der Waals surface area contributed by atoms with E-state index in [4.69, 9.17) is 21.6 Å². The molecule has 0 aliphatic carbocycles. The van der Waals surface area contributed by atoms with Crippen LogP contribution in [0.25, 0.3) is 0 Å². The maximum Gasteiger partial charge on any atom is 0.491 e. The van der Waals surface area contributed by atoms with E-state index in [2.05, 4.69) is 0 Å². The van der Waals surface area contributed by atoms with Gasteiger partial charge < -0.3 is 10.0 Å². The number of hydrogen-bond acceptors (Lipinski definition) is 3. The van der Waals surface area contributed by atoms with Crippen molar-refractivity contribution in [3.63, 3.8) is 0 Å². The Labute approximate surface area is 91.2 Å². The fraction of sp³-hybridized carbons (Fsp3) is 0.250. The van der Waals surface area contributed by atoms with Crippen molar-refractivity contribution in [2.24, 2.45) is 0 Å². The van der Waals surface area contributed by atoms with Crippen LogP contribution in [0.4, 0.5) is 4.39 Å². The van der Waals surface area contributed by atoms with E-state index in [0.717, 1.165) is 11.8 Å². The summed E-state index contributed by atoms with van der Waals surface area (Å²) < 4.78 is 13.5. The molecule has 0 fully saturated rings. The van der Waals surface area contributed by atoms with Gasteiger partial charge >= 0.3 is 7.12 Å². The lowest BCUT2D eigenvalue weighted by molar-refractivity contribution is 0.422. The molecule has 0 aliphatic heterocycles. The van der Waals surface area contributed by atoms with Crippen molar-refractivity contribution in [3.8, 4) is 0 Å². The summed E-state index contributed by atoms with van der Waals surface area (Å²) in [5.74, 6) is -0.664. The number of aryl methyl sites for hydroxylation is 1. The van der Waals surface area contributed by atoms with E-state index in [1.807, 2.05) is 0 Å². The molecule has 0 aliphatic rings. The molecule has 0 bridgehead atoms. The van der Waals surface area contributed by atoms with Gasteiger partial charge in [-0.05, 0) is 18.7 Å². The second-order valence-corrected chi connectivity index (χ2v) is 4.01. The molecular formula is C8H9BClFO2S. The number of rotatable bonds is 2. The fourth-order valence-electron chi connectivity index (χ4n) is 1.13. The molecule has 0 spiro atoms. The molecule has 14 heavy (non-hydrogen) atoms. The van der Waals surface area contributed by atoms with Gasteiger partial charge in [-0.25, -0.2) is 4.39 Å². The van der Waals surface area contributed by atoms with Crippen LogP contribution < -0.4 is 5.46 Å². The van der Waals surface area contributed by atoms with Gasteiger partial charge in [0, 0.05) is 5.46 Å². The number of thioether (sulfide) groups is 1. The van der Waals surface area contributed by atoms with E-state index in [-0.39, 0.29) is 10.4 Å². The molecule has 2 N–H and O–H groups in total. The lowest BCUT2D eigenvalue weighted by atomic mass is 9.79. The standard InChI is InChI=1S/C8H9BClFO2S/c1-4-3-5(9(12)13)7(11)8(14-2)6(4)10/h3,12-13H,1-2H3. The molecule has 0 saturated heterocycles. The van der Waals surface area contributed by atoms with Crippen molar-refractivity contribution in [3.05, 3.63) is 22.5 Å². The Hall–Kier alpha value is -0.225. The second kappa shape index (κ2) is 4.53. The van der Waals surface area contributed by atoms with Crippen molar-refractivity contribution in [2.75, 3.05) is 6.26 Å². The van der Waals surface area contributed by atoms with Gasteiger partial charge in [-0.15, -0.1) is 11.8 Å². The number of benzene rings is 1. The van der Waals surface area contributed by atoms with Gasteiger partial charge in [-0.2, -0.15) is 0 Å². The first-order valence-electron chi connectivity index (χ1n) is 3.87. The molecule has 0 amide bonds. The largest absolute Gasteiger partial charge is 0.491 e. The Bertz CT molecular complexity index is 360. The molecule has 0 radical (unpaired) electrons. The Morgan fingerprint density at radius 3 is 2.50 bits per heavy atom. The molecule has 0 heterocycles. The van der Waals surface area contributed by atoms with Crippen LogP contribution in [-0.4, -0.2) is 23.4 Å². The monoisotopic (exact) mass is 234 g/mol. The molecule has 76 valence electrons. The molecule has 6 heteroatoms. The summed E-state index contributed by atoms with van der Waals surface area (Å²) in [6, 6.07) is 1.34. The second-order valence-electron chi connectivity index (χ2n) is 2.82. The summed E-state index contributed by atoms with van der Waals surface area (Å²) >= 11 is 6.99. The van der Waals surface area contributed by atoms with Crippen LogP contribution in [0.3, 0.4) is 0 Å². The average Bonchev–Trinajstić information content (AvgIpc) is 2.12. The highest BCUT2D eigenvalue weighted by molar-refractivity contribution is 7.98. The predicted octanol–water partition coefficient (Wildman–Crippen LogP) is 1.19. The lowest BCUT2D eigenvalue weighted by Gasteiger charge is -2.10. The van der Waals surface area contributed by atoms with Crippen LogP contribution in [0.15, 0.2) is 11.0 Å². The maximum absolute atomic E-state index is 13.5. The third-order valence-corrected chi connectivity index (χ3v) is 3.24. The quantitative estimate of drug-likeness (QED) is 0.596. The maximum atomic E-state index is 13.5. The zero-order valence-electron chi connectivity index (χ0n) is 7.71. The highest BCUT2D eigenvalue weighted by Gasteiger charge is 2.22. The third kappa shape index (κ3) is 2.06. The van der Waals surface area contributed by atoms with Gasteiger partial charge in [0.2, 0.25) is 0 Å². The van der Waals surface area contributed by atoms with Crippen LogP contribution in [0, 0.1) is 12.7 Å². The van der Waals surface area contributed by atoms with Gasteiger partial charge in [-0.3, -0.25) is 0 Å². The van der Waals surface area contributed by atoms with Crippen LogP contribution in [0.5, 0.6) is 0 Å². The smallest absolute Gasteiger partial charge is 0.423 e. The van der Waals surface area contributed by atoms with Gasteiger partial charge in [-0.1, -0.05) is 17.7 Å². The zero-order valence-corrected chi connectivity index (χ0v) is 9.29. The van der Waals surface area contributed by atoms with Crippen LogP contribution in [0.1, 0.15) is 5.56 Å². The summed E-state index contributed by atoms with van der Waals surface area (Å²) in [5, 5.41) is 18.1. The van der Waals surface area contributed by atoms with E-state index in [0.29, 0.717) is 10.6 Å². The number of hydrogen-bond donors (Lipinski definition) is 2. The molecule has 1 rings (SSSR count). The molecular weight excluding hydrogens is 225 g/mol. The summed E-state index contributed by atoms with van der Waals surface area (Å²) in [6.45, 7) is 1.69. The van der Waals surface area contributed by atoms with Crippen molar-refractivity contribution < 1.29 is 14.4 Å². The molecule has 0 atom stereocenters. The van der Waals surface area contributed by atoms with E-state index < -0.39 is 12.9 Å². The van der Waals surface area contributed by atoms with Crippen molar-refractivity contribution >= 4 is 35.9 Å². The Morgan fingerprint density at radius 1 is 1.50 bits per heavy atom. The third-order valence-electron chi connectivity index (χ3n) is 1.85. The van der Waals surface area contributed by atoms with Gasteiger partial charge in [0.1, 0.15) is 5.82 Å². The Kier molecular flexibility index (Phi) is 3.83. The van der Waals surface area contributed by atoms with Crippen molar-refractivity contribution in [2.45, 2.75) is 11.8 Å². The van der Waals surface area contributed by atoms with Gasteiger partial charge in [0.25, 0.3) is 0 Å². The van der Waals surface area contributed by atoms with Gasteiger partial charge in [0.15, 0.2) is 0 Å². The van der Waals surface area contributed by atoms with Crippen LogP contribution in [0.2, 0.25) is 5.02 Å². The van der Waals surface area contributed by atoms with Gasteiger partial charge in [0.05, 0.1) is 9.92 Å². The molecule has 0 saturated carbocycles.